The first-order valence-electron chi connectivity index (χ1n) is 9.92. The van der Waals surface area contributed by atoms with E-state index in [0.717, 1.165) is 29.3 Å². The number of aromatic amines is 1. The molecule has 1 saturated carbocycles. The summed E-state index contributed by atoms with van der Waals surface area (Å²) >= 11 is 0. The molecular weight excluding hydrogens is 386 g/mol. The molecule has 1 fully saturated rings. The fourth-order valence-corrected chi connectivity index (χ4v) is 3.62. The topological polar surface area (TPSA) is 66.2 Å². The van der Waals surface area contributed by atoms with Crippen molar-refractivity contribution in [2.75, 3.05) is 26.7 Å². The maximum atomic E-state index is 12.3. The molecule has 1 aliphatic carbocycles. The summed E-state index contributed by atoms with van der Waals surface area (Å²) in [6.07, 6.45) is 4.63. The van der Waals surface area contributed by atoms with Crippen LogP contribution >= 0.6 is 12.4 Å². The molecular formula is C23H28ClN3O2. The van der Waals surface area contributed by atoms with Crippen LogP contribution in [0.25, 0.3) is 10.9 Å². The lowest BCUT2D eigenvalue weighted by Gasteiger charge is -2.19. The molecule has 1 heterocycles. The molecule has 5 nitrogen and oxygen atoms in total. The summed E-state index contributed by atoms with van der Waals surface area (Å²) in [4.78, 5) is 15.7. The maximum absolute atomic E-state index is 12.3. The van der Waals surface area contributed by atoms with Gasteiger partial charge in [0.05, 0.1) is 13.7 Å². The van der Waals surface area contributed by atoms with Crippen molar-refractivity contribution in [1.82, 2.24) is 15.6 Å². The predicted octanol–water partition coefficient (Wildman–Crippen LogP) is 3.85. The van der Waals surface area contributed by atoms with Gasteiger partial charge in [-0.25, -0.2) is 0 Å². The van der Waals surface area contributed by atoms with E-state index < -0.39 is 0 Å². The van der Waals surface area contributed by atoms with Gasteiger partial charge in [-0.3, -0.25) is 4.79 Å². The Morgan fingerprint density at radius 3 is 2.66 bits per heavy atom. The molecule has 6 heteroatoms. The highest BCUT2D eigenvalue weighted by Crippen LogP contribution is 2.31. The van der Waals surface area contributed by atoms with E-state index in [9.17, 15) is 4.79 Å². The first kappa shape index (κ1) is 21.2. The third-order valence-electron chi connectivity index (χ3n) is 5.43. The van der Waals surface area contributed by atoms with Crippen molar-refractivity contribution in [3.05, 3.63) is 65.9 Å². The summed E-state index contributed by atoms with van der Waals surface area (Å²) in [5.41, 5.74) is 3.44. The summed E-state index contributed by atoms with van der Waals surface area (Å²) in [6.45, 7) is 1.87. The quantitative estimate of drug-likeness (QED) is 0.499. The van der Waals surface area contributed by atoms with E-state index in [-0.39, 0.29) is 24.2 Å². The third-order valence-corrected chi connectivity index (χ3v) is 5.43. The van der Waals surface area contributed by atoms with Crippen molar-refractivity contribution < 1.29 is 9.53 Å². The van der Waals surface area contributed by atoms with E-state index in [2.05, 4.69) is 46.1 Å². The van der Waals surface area contributed by atoms with Crippen LogP contribution in [0.5, 0.6) is 5.75 Å². The number of ether oxygens (including phenoxy) is 1. The van der Waals surface area contributed by atoms with E-state index in [1.807, 2.05) is 24.3 Å². The Hall–Kier alpha value is -2.50. The Balaban J connectivity index is 0.00000240. The highest BCUT2D eigenvalue weighted by Gasteiger charge is 2.21. The smallest absolute Gasteiger partial charge is 0.233 e. The zero-order valence-corrected chi connectivity index (χ0v) is 17.4. The van der Waals surface area contributed by atoms with Gasteiger partial charge in [0.25, 0.3) is 0 Å². The van der Waals surface area contributed by atoms with E-state index >= 15 is 0 Å². The van der Waals surface area contributed by atoms with E-state index in [1.165, 1.54) is 23.8 Å². The number of methoxy groups -OCH3 is 1. The molecule has 0 spiro atoms. The second kappa shape index (κ2) is 9.81. The number of rotatable bonds is 9. The van der Waals surface area contributed by atoms with E-state index in [0.29, 0.717) is 13.1 Å². The van der Waals surface area contributed by atoms with Crippen molar-refractivity contribution in [2.45, 2.75) is 18.8 Å². The van der Waals surface area contributed by atoms with E-state index in [4.69, 9.17) is 4.74 Å². The average Bonchev–Trinajstić information content (AvgIpc) is 3.46. The number of amides is 1. The number of carbonyl (C=O) groups excluding carboxylic acids is 1. The number of para-hydroxylation sites is 1. The molecule has 1 aliphatic rings. The van der Waals surface area contributed by atoms with Gasteiger partial charge in [0.1, 0.15) is 5.75 Å². The molecule has 0 radical (unpaired) electrons. The van der Waals surface area contributed by atoms with Crippen molar-refractivity contribution in [1.29, 1.82) is 0 Å². The van der Waals surface area contributed by atoms with Gasteiger partial charge in [0.2, 0.25) is 5.91 Å². The van der Waals surface area contributed by atoms with Crippen molar-refractivity contribution in [3.8, 4) is 5.75 Å². The molecule has 4 rings (SSSR count). The molecule has 1 atom stereocenters. The van der Waals surface area contributed by atoms with Crippen molar-refractivity contribution in [2.24, 2.45) is 5.92 Å². The van der Waals surface area contributed by atoms with Crippen LogP contribution in [0.1, 0.15) is 29.9 Å². The number of aromatic nitrogens is 1. The predicted molar refractivity (Wildman–Crippen MR) is 119 cm³/mol. The molecule has 3 aromatic rings. The minimum atomic E-state index is 0. The van der Waals surface area contributed by atoms with Gasteiger partial charge in [-0.05, 0) is 54.6 Å². The van der Waals surface area contributed by atoms with Gasteiger partial charge in [-0.15, -0.1) is 12.4 Å². The third kappa shape index (κ3) is 5.31. The minimum Gasteiger partial charge on any atom is -0.497 e. The van der Waals surface area contributed by atoms with E-state index in [1.54, 1.807) is 7.11 Å². The average molecular weight is 414 g/mol. The monoisotopic (exact) mass is 413 g/mol. The molecule has 2 aromatic carbocycles. The molecule has 1 unspecified atom stereocenters. The van der Waals surface area contributed by atoms with Crippen LogP contribution in [0.4, 0.5) is 0 Å². The Bertz CT molecular complexity index is 935. The lowest BCUT2D eigenvalue weighted by Crippen LogP contribution is -2.37. The Labute approximate surface area is 177 Å². The fourth-order valence-electron chi connectivity index (χ4n) is 3.62. The lowest BCUT2D eigenvalue weighted by atomic mass is 9.91. The van der Waals surface area contributed by atoms with Gasteiger partial charge in [0, 0.05) is 29.6 Å². The first-order chi connectivity index (χ1) is 13.7. The van der Waals surface area contributed by atoms with Gasteiger partial charge < -0.3 is 20.4 Å². The van der Waals surface area contributed by atoms with Gasteiger partial charge in [-0.1, -0.05) is 30.3 Å². The minimum absolute atomic E-state index is 0. The highest BCUT2D eigenvalue weighted by molar-refractivity contribution is 5.85. The summed E-state index contributed by atoms with van der Waals surface area (Å²) in [5.74, 6) is 1.70. The van der Waals surface area contributed by atoms with Crippen LogP contribution < -0.4 is 15.4 Å². The second-order valence-electron chi connectivity index (χ2n) is 7.49. The standard InChI is InChI=1S/C23H27N3O2.ClH/c1-28-18-10-8-17(9-11-18)20(13-26-23(27)15-24-12-16-6-7-16)21-14-25-22-5-3-2-4-19(21)22;/h2-5,8-11,14,16,20,24-25H,6-7,12-13,15H2,1H3,(H,26,27);1H. The molecule has 3 N–H and O–H groups in total. The van der Waals surface area contributed by atoms with Gasteiger partial charge >= 0.3 is 0 Å². The molecule has 0 aliphatic heterocycles. The molecule has 1 amide bonds. The van der Waals surface area contributed by atoms with Crippen LogP contribution in [0.15, 0.2) is 54.7 Å². The molecule has 29 heavy (non-hydrogen) atoms. The van der Waals surface area contributed by atoms with Crippen LogP contribution in [0.2, 0.25) is 0 Å². The Morgan fingerprint density at radius 1 is 1.17 bits per heavy atom. The van der Waals surface area contributed by atoms with Crippen LogP contribution in [-0.2, 0) is 4.79 Å². The number of fused-ring (bicyclic) bond motifs is 1. The highest BCUT2D eigenvalue weighted by atomic mass is 35.5. The molecule has 1 aromatic heterocycles. The number of carbonyl (C=O) groups is 1. The summed E-state index contributed by atoms with van der Waals surface area (Å²) in [6, 6.07) is 16.3. The van der Waals surface area contributed by atoms with Crippen molar-refractivity contribution in [3.63, 3.8) is 0 Å². The second-order valence-corrected chi connectivity index (χ2v) is 7.49. The number of hydrogen-bond donors (Lipinski definition) is 3. The zero-order valence-electron chi connectivity index (χ0n) is 16.6. The van der Waals surface area contributed by atoms with Crippen LogP contribution in [-0.4, -0.2) is 37.6 Å². The zero-order chi connectivity index (χ0) is 19.3. The maximum Gasteiger partial charge on any atom is 0.233 e. The largest absolute Gasteiger partial charge is 0.497 e. The van der Waals surface area contributed by atoms with Gasteiger partial charge in [0.15, 0.2) is 0 Å². The van der Waals surface area contributed by atoms with Crippen molar-refractivity contribution >= 4 is 29.2 Å². The Morgan fingerprint density at radius 2 is 1.93 bits per heavy atom. The van der Waals surface area contributed by atoms with Gasteiger partial charge in [-0.2, -0.15) is 0 Å². The SMILES string of the molecule is COc1ccc(C(CNC(=O)CNCC2CC2)c2c[nH]c3ccccc23)cc1.Cl. The number of hydrogen-bond acceptors (Lipinski definition) is 3. The molecule has 154 valence electrons. The lowest BCUT2D eigenvalue weighted by molar-refractivity contribution is -0.120. The number of nitrogens with one attached hydrogen (secondary N) is 3. The van der Waals surface area contributed by atoms with Crippen LogP contribution in [0, 0.1) is 5.92 Å². The summed E-state index contributed by atoms with van der Waals surface area (Å²) < 4.78 is 5.29. The number of H-pyrrole nitrogens is 1. The summed E-state index contributed by atoms with van der Waals surface area (Å²) in [5, 5.41) is 7.55. The summed E-state index contributed by atoms with van der Waals surface area (Å²) in [7, 11) is 1.67. The molecule has 0 bridgehead atoms. The fraction of sp³-hybridized carbons (Fsp3) is 0.348. The normalized spacial score (nSPS) is 14.2. The number of halogens is 1. The van der Waals surface area contributed by atoms with Crippen LogP contribution in [0.3, 0.4) is 0 Å². The first-order valence-corrected chi connectivity index (χ1v) is 9.92. The molecule has 0 saturated heterocycles. The Kier molecular flexibility index (Phi) is 7.18. The number of benzene rings is 2.